The topological polar surface area (TPSA) is 83.3 Å². The summed E-state index contributed by atoms with van der Waals surface area (Å²) in [5, 5.41) is 20.2. The zero-order chi connectivity index (χ0) is 13.8. The molecule has 0 spiro atoms. The maximum Gasteiger partial charge on any atom is 0.239 e. The Morgan fingerprint density at radius 3 is 2.95 bits per heavy atom. The summed E-state index contributed by atoms with van der Waals surface area (Å²) in [6, 6.07) is 4.84. The van der Waals surface area contributed by atoms with E-state index in [1.165, 1.54) is 31.2 Å². The Kier molecular flexibility index (Phi) is 4.06. The number of aromatic hydroxyl groups is 1. The molecule has 0 aliphatic carbocycles. The van der Waals surface area contributed by atoms with Crippen molar-refractivity contribution in [2.75, 3.05) is 7.11 Å². The molecule has 1 aromatic rings. The van der Waals surface area contributed by atoms with Gasteiger partial charge in [-0.05, 0) is 30.7 Å². The van der Waals surface area contributed by atoms with Crippen LogP contribution in [-0.2, 0) is 4.79 Å². The summed E-state index contributed by atoms with van der Waals surface area (Å²) in [4.78, 5) is 11.2. The number of carbonyl (C=O) groups excluding carboxylic acids is 1. The molecule has 19 heavy (non-hydrogen) atoms. The van der Waals surface area contributed by atoms with Gasteiger partial charge in [0.25, 0.3) is 0 Å². The lowest BCUT2D eigenvalue weighted by Crippen LogP contribution is -2.23. The number of thioether (sulfide) groups is 1. The Labute approximate surface area is 114 Å². The normalized spacial score (nSPS) is 21.1. The first-order valence-corrected chi connectivity index (χ1v) is 6.43. The summed E-state index contributed by atoms with van der Waals surface area (Å²) in [7, 11) is 1.47. The lowest BCUT2D eigenvalue weighted by Gasteiger charge is -2.02. The van der Waals surface area contributed by atoms with Gasteiger partial charge in [-0.3, -0.25) is 4.79 Å². The highest BCUT2D eigenvalue weighted by atomic mass is 32.2. The van der Waals surface area contributed by atoms with Crippen molar-refractivity contribution in [2.24, 2.45) is 10.2 Å². The minimum Gasteiger partial charge on any atom is -0.504 e. The van der Waals surface area contributed by atoms with Crippen molar-refractivity contribution in [1.82, 2.24) is 5.32 Å². The Bertz CT molecular complexity index is 557. The quantitative estimate of drug-likeness (QED) is 0.646. The van der Waals surface area contributed by atoms with Crippen molar-refractivity contribution in [1.29, 1.82) is 0 Å². The number of amidine groups is 1. The molecule has 1 heterocycles. The van der Waals surface area contributed by atoms with Crippen LogP contribution in [0.2, 0.25) is 0 Å². The van der Waals surface area contributed by atoms with E-state index in [1.54, 1.807) is 19.1 Å². The van der Waals surface area contributed by atoms with Crippen molar-refractivity contribution < 1.29 is 14.6 Å². The average Bonchev–Trinajstić information content (AvgIpc) is 2.71. The van der Waals surface area contributed by atoms with Gasteiger partial charge in [0.1, 0.15) is 0 Å². The third kappa shape index (κ3) is 3.25. The van der Waals surface area contributed by atoms with Gasteiger partial charge in [0.2, 0.25) is 5.91 Å². The first-order chi connectivity index (χ1) is 9.10. The minimum atomic E-state index is -0.136. The van der Waals surface area contributed by atoms with Crippen LogP contribution in [0.1, 0.15) is 12.5 Å². The van der Waals surface area contributed by atoms with Crippen molar-refractivity contribution >= 4 is 29.1 Å². The second-order valence-corrected chi connectivity index (χ2v) is 5.16. The number of nitrogens with one attached hydrogen (secondary N) is 1. The summed E-state index contributed by atoms with van der Waals surface area (Å²) in [5.41, 5.74) is 0.737. The van der Waals surface area contributed by atoms with Crippen molar-refractivity contribution in [3.05, 3.63) is 23.8 Å². The van der Waals surface area contributed by atoms with Gasteiger partial charge in [0.15, 0.2) is 16.7 Å². The van der Waals surface area contributed by atoms with Crippen LogP contribution in [0.25, 0.3) is 0 Å². The van der Waals surface area contributed by atoms with Crippen LogP contribution >= 0.6 is 11.8 Å². The second-order valence-electron chi connectivity index (χ2n) is 3.83. The molecular formula is C12H13N3O3S. The van der Waals surface area contributed by atoms with Crippen LogP contribution < -0.4 is 10.1 Å². The molecule has 1 saturated heterocycles. The first kappa shape index (κ1) is 13.4. The molecule has 0 bridgehead atoms. The molecule has 0 unspecified atom stereocenters. The number of hydrogen-bond donors (Lipinski definition) is 2. The van der Waals surface area contributed by atoms with Crippen molar-refractivity contribution in [2.45, 2.75) is 12.2 Å². The smallest absolute Gasteiger partial charge is 0.239 e. The number of hydrogen-bond acceptors (Lipinski definition) is 6. The summed E-state index contributed by atoms with van der Waals surface area (Å²) in [6.07, 6.45) is 1.52. The first-order valence-electron chi connectivity index (χ1n) is 5.55. The summed E-state index contributed by atoms with van der Waals surface area (Å²) >= 11 is 1.33. The van der Waals surface area contributed by atoms with Crippen LogP contribution in [0.4, 0.5) is 0 Å². The van der Waals surface area contributed by atoms with Crippen LogP contribution in [0.5, 0.6) is 11.5 Å². The fourth-order valence-electron chi connectivity index (χ4n) is 1.43. The molecule has 1 aromatic carbocycles. The van der Waals surface area contributed by atoms with E-state index < -0.39 is 0 Å². The highest BCUT2D eigenvalue weighted by Gasteiger charge is 2.25. The van der Waals surface area contributed by atoms with Crippen molar-refractivity contribution in [3.63, 3.8) is 0 Å². The number of benzene rings is 1. The van der Waals surface area contributed by atoms with Crippen molar-refractivity contribution in [3.8, 4) is 11.5 Å². The van der Waals surface area contributed by atoms with Gasteiger partial charge in [-0.15, -0.1) is 5.10 Å². The Morgan fingerprint density at radius 2 is 2.32 bits per heavy atom. The maximum atomic E-state index is 11.2. The minimum absolute atomic E-state index is 0.0646. The molecule has 7 heteroatoms. The van der Waals surface area contributed by atoms with Gasteiger partial charge in [0.05, 0.1) is 18.6 Å². The molecule has 0 saturated carbocycles. The van der Waals surface area contributed by atoms with Gasteiger partial charge in [0, 0.05) is 0 Å². The fourth-order valence-corrected chi connectivity index (χ4v) is 2.18. The molecule has 0 aromatic heterocycles. The predicted octanol–water partition coefficient (Wildman–Crippen LogP) is 1.34. The van der Waals surface area contributed by atoms with Gasteiger partial charge in [-0.1, -0.05) is 11.8 Å². The lowest BCUT2D eigenvalue weighted by atomic mass is 10.2. The summed E-state index contributed by atoms with van der Waals surface area (Å²) in [6.45, 7) is 1.80. The van der Waals surface area contributed by atoms with E-state index in [0.717, 1.165) is 5.56 Å². The number of rotatable bonds is 3. The van der Waals surface area contributed by atoms with Crippen LogP contribution in [0.3, 0.4) is 0 Å². The monoisotopic (exact) mass is 279 g/mol. The Balaban J connectivity index is 2.07. The molecule has 1 atom stereocenters. The van der Waals surface area contributed by atoms with Crippen LogP contribution in [-0.4, -0.2) is 34.8 Å². The van der Waals surface area contributed by atoms with E-state index in [2.05, 4.69) is 15.5 Å². The third-order valence-electron chi connectivity index (χ3n) is 2.45. The van der Waals surface area contributed by atoms with Gasteiger partial charge >= 0.3 is 0 Å². The third-order valence-corrected chi connectivity index (χ3v) is 3.42. The molecule has 6 nitrogen and oxygen atoms in total. The number of carbonyl (C=O) groups is 1. The Morgan fingerprint density at radius 1 is 1.53 bits per heavy atom. The molecule has 0 radical (unpaired) electrons. The standard InChI is InChI=1S/C12H13N3O3S/c1-7-11(17)14-12(19-7)15-13-6-8-3-4-9(16)10(5-8)18-2/h3-7,16H,1-2H3,(H,14,15,17)/b13-6+/t7-/m0/s1. The Hall–Kier alpha value is -2.02. The number of methoxy groups -OCH3 is 1. The largest absolute Gasteiger partial charge is 0.504 e. The van der Waals surface area contributed by atoms with E-state index in [1.807, 2.05) is 0 Å². The van der Waals surface area contributed by atoms with E-state index in [0.29, 0.717) is 10.9 Å². The molecule has 1 amide bonds. The summed E-state index contributed by atoms with van der Waals surface area (Å²) in [5.74, 6) is 0.373. The highest BCUT2D eigenvalue weighted by molar-refractivity contribution is 8.15. The number of phenols is 1. The fraction of sp³-hybridized carbons (Fsp3) is 0.250. The van der Waals surface area contributed by atoms with E-state index in [4.69, 9.17) is 4.74 Å². The van der Waals surface area contributed by atoms with Gasteiger partial charge in [-0.2, -0.15) is 5.10 Å². The van der Waals surface area contributed by atoms with E-state index >= 15 is 0 Å². The van der Waals surface area contributed by atoms with Gasteiger partial charge < -0.3 is 15.2 Å². The molecule has 2 rings (SSSR count). The number of phenolic OH excluding ortho intramolecular Hbond substituents is 1. The molecule has 2 N–H and O–H groups in total. The van der Waals surface area contributed by atoms with E-state index in [9.17, 15) is 9.90 Å². The summed E-state index contributed by atoms with van der Waals surface area (Å²) < 4.78 is 4.98. The number of amides is 1. The van der Waals surface area contributed by atoms with E-state index in [-0.39, 0.29) is 16.9 Å². The molecule has 1 aliphatic heterocycles. The molecular weight excluding hydrogens is 266 g/mol. The second kappa shape index (κ2) is 5.75. The number of nitrogens with zero attached hydrogens (tertiary/aromatic N) is 2. The zero-order valence-electron chi connectivity index (χ0n) is 10.5. The molecule has 1 fully saturated rings. The SMILES string of the molecule is COc1cc(/C=N/N=C2/NC(=O)[C@H](C)S2)ccc1O. The lowest BCUT2D eigenvalue weighted by molar-refractivity contribution is -0.118. The molecule has 1 aliphatic rings. The molecule has 100 valence electrons. The average molecular weight is 279 g/mol. The van der Waals surface area contributed by atoms with Crippen LogP contribution in [0.15, 0.2) is 28.4 Å². The van der Waals surface area contributed by atoms with Gasteiger partial charge in [-0.25, -0.2) is 0 Å². The number of ether oxygens (including phenoxy) is 1. The predicted molar refractivity (Wildman–Crippen MR) is 74.9 cm³/mol. The maximum absolute atomic E-state index is 11.2. The highest BCUT2D eigenvalue weighted by Crippen LogP contribution is 2.25. The zero-order valence-corrected chi connectivity index (χ0v) is 11.3. The van der Waals surface area contributed by atoms with Crippen LogP contribution in [0, 0.1) is 0 Å².